The van der Waals surface area contributed by atoms with Crippen molar-refractivity contribution in [2.75, 3.05) is 5.32 Å². The highest BCUT2D eigenvalue weighted by molar-refractivity contribution is 8.05. The van der Waals surface area contributed by atoms with Gasteiger partial charge in [0.2, 0.25) is 0 Å². The Bertz CT molecular complexity index is 683. The Morgan fingerprint density at radius 2 is 1.95 bits per heavy atom. The zero-order valence-electron chi connectivity index (χ0n) is 12.2. The van der Waals surface area contributed by atoms with E-state index in [4.69, 9.17) is 0 Å². The van der Waals surface area contributed by atoms with Gasteiger partial charge >= 0.3 is 0 Å². The van der Waals surface area contributed by atoms with E-state index in [1.807, 2.05) is 30.3 Å². The Balaban J connectivity index is 1.67. The number of aromatic nitrogens is 1. The van der Waals surface area contributed by atoms with Crippen molar-refractivity contribution in [2.24, 2.45) is 0 Å². The fourth-order valence-electron chi connectivity index (χ4n) is 2.16. The summed E-state index contributed by atoms with van der Waals surface area (Å²) < 4.78 is 0. The Labute approximate surface area is 134 Å². The van der Waals surface area contributed by atoms with Crippen molar-refractivity contribution in [1.82, 2.24) is 10.3 Å². The predicted molar refractivity (Wildman–Crippen MR) is 91.2 cm³/mol. The number of hydrogen-bond acceptors (Lipinski definition) is 4. The first-order valence-electron chi connectivity index (χ1n) is 7.19. The van der Waals surface area contributed by atoms with Crippen LogP contribution in [0.15, 0.2) is 53.7 Å². The number of aryl methyl sites for hydroxylation is 1. The second kappa shape index (κ2) is 6.66. The summed E-state index contributed by atoms with van der Waals surface area (Å²) in [7, 11) is 0. The molecule has 3 rings (SSSR count). The van der Waals surface area contributed by atoms with E-state index in [1.165, 1.54) is 17.3 Å². The number of nitrogens with zero attached hydrogens (tertiary/aromatic N) is 1. The molecule has 22 heavy (non-hydrogen) atoms. The molecule has 1 saturated heterocycles. The quantitative estimate of drug-likeness (QED) is 0.851. The average Bonchev–Trinajstić information content (AvgIpc) is 2.88. The van der Waals surface area contributed by atoms with Crippen molar-refractivity contribution >= 4 is 29.4 Å². The zero-order chi connectivity index (χ0) is 15.4. The topological polar surface area (TPSA) is 54.0 Å². The lowest BCUT2D eigenvalue weighted by Crippen LogP contribution is -2.30. The Morgan fingerprint density at radius 3 is 2.64 bits per heavy atom. The van der Waals surface area contributed by atoms with Crippen LogP contribution in [0.1, 0.15) is 18.1 Å². The Hall–Kier alpha value is -2.27. The molecule has 0 aliphatic carbocycles. The fourth-order valence-corrected chi connectivity index (χ4v) is 3.15. The maximum Gasteiger partial charge on any atom is 0.260 e. The van der Waals surface area contributed by atoms with Gasteiger partial charge in [0.1, 0.15) is 0 Å². The molecular weight excluding hydrogens is 294 g/mol. The van der Waals surface area contributed by atoms with Crippen molar-refractivity contribution in [3.63, 3.8) is 0 Å². The van der Waals surface area contributed by atoms with E-state index in [0.717, 1.165) is 17.7 Å². The van der Waals surface area contributed by atoms with Crippen LogP contribution in [0.2, 0.25) is 0 Å². The molecule has 1 atom stereocenters. The van der Waals surface area contributed by atoms with Crippen molar-refractivity contribution in [3.8, 4) is 0 Å². The highest BCUT2D eigenvalue weighted by atomic mass is 32.2. The van der Waals surface area contributed by atoms with Crippen molar-refractivity contribution in [1.29, 1.82) is 0 Å². The second-order valence-electron chi connectivity index (χ2n) is 4.96. The SMILES string of the molecule is CCc1ccc(N[C@H]2NC(=O)/C(=C/c3ccncc3)S2)cc1. The highest BCUT2D eigenvalue weighted by Crippen LogP contribution is 2.30. The molecule has 4 nitrogen and oxygen atoms in total. The first-order valence-corrected chi connectivity index (χ1v) is 8.07. The molecule has 1 aromatic carbocycles. The molecule has 1 amide bonds. The van der Waals surface area contributed by atoms with Crippen LogP contribution in [0.3, 0.4) is 0 Å². The monoisotopic (exact) mass is 311 g/mol. The smallest absolute Gasteiger partial charge is 0.260 e. The summed E-state index contributed by atoms with van der Waals surface area (Å²) >= 11 is 1.49. The lowest BCUT2D eigenvalue weighted by atomic mass is 10.1. The first-order chi connectivity index (χ1) is 10.7. The average molecular weight is 311 g/mol. The van der Waals surface area contributed by atoms with Gasteiger partial charge in [0.25, 0.3) is 5.91 Å². The van der Waals surface area contributed by atoms with Gasteiger partial charge in [0.05, 0.1) is 4.91 Å². The molecule has 2 heterocycles. The van der Waals surface area contributed by atoms with Gasteiger partial charge in [-0.05, 0) is 47.9 Å². The number of thioether (sulfide) groups is 1. The number of anilines is 1. The maximum absolute atomic E-state index is 12.0. The van der Waals surface area contributed by atoms with Crippen molar-refractivity contribution < 1.29 is 4.79 Å². The molecule has 0 spiro atoms. The Kier molecular flexibility index (Phi) is 4.44. The van der Waals surface area contributed by atoms with Crippen molar-refractivity contribution in [3.05, 3.63) is 64.8 Å². The number of amides is 1. The third-order valence-corrected chi connectivity index (χ3v) is 4.42. The number of rotatable bonds is 4. The normalized spacial score (nSPS) is 19.2. The minimum atomic E-state index is -0.145. The third-order valence-electron chi connectivity index (χ3n) is 3.39. The van der Waals surface area contributed by atoms with Crippen LogP contribution in [0, 0.1) is 0 Å². The van der Waals surface area contributed by atoms with Crippen LogP contribution in [0.5, 0.6) is 0 Å². The summed E-state index contributed by atoms with van der Waals surface area (Å²) in [5.41, 5.74) is 3.13. The minimum absolute atomic E-state index is 0.0514. The van der Waals surface area contributed by atoms with Crippen LogP contribution in [0.25, 0.3) is 6.08 Å². The molecule has 2 N–H and O–H groups in total. The van der Waals surface area contributed by atoms with Crippen LogP contribution in [-0.4, -0.2) is 16.4 Å². The number of pyridine rings is 1. The molecule has 5 heteroatoms. The summed E-state index contributed by atoms with van der Waals surface area (Å²) in [6.07, 6.45) is 6.33. The van der Waals surface area contributed by atoms with Gasteiger partial charge in [-0.3, -0.25) is 9.78 Å². The second-order valence-corrected chi connectivity index (χ2v) is 6.10. The Morgan fingerprint density at radius 1 is 1.23 bits per heavy atom. The lowest BCUT2D eigenvalue weighted by molar-refractivity contribution is -0.116. The zero-order valence-corrected chi connectivity index (χ0v) is 13.1. The number of benzene rings is 1. The van der Waals surface area contributed by atoms with Crippen LogP contribution >= 0.6 is 11.8 Å². The van der Waals surface area contributed by atoms with E-state index in [0.29, 0.717) is 4.91 Å². The molecule has 0 bridgehead atoms. The van der Waals surface area contributed by atoms with E-state index < -0.39 is 0 Å². The molecule has 112 valence electrons. The van der Waals surface area contributed by atoms with Crippen LogP contribution in [0.4, 0.5) is 5.69 Å². The molecule has 1 aromatic heterocycles. The van der Waals surface area contributed by atoms with Gasteiger partial charge in [0, 0.05) is 18.1 Å². The molecular formula is C17H17N3OS. The fraction of sp³-hybridized carbons (Fsp3) is 0.176. The third kappa shape index (κ3) is 3.49. The maximum atomic E-state index is 12.0. The van der Waals surface area contributed by atoms with Crippen LogP contribution in [-0.2, 0) is 11.2 Å². The summed E-state index contributed by atoms with van der Waals surface area (Å²) in [6, 6.07) is 12.0. The number of hydrogen-bond donors (Lipinski definition) is 2. The van der Waals surface area contributed by atoms with Crippen molar-refractivity contribution in [2.45, 2.75) is 18.8 Å². The molecule has 2 aromatic rings. The lowest BCUT2D eigenvalue weighted by Gasteiger charge is -2.12. The summed E-state index contributed by atoms with van der Waals surface area (Å²) in [5.74, 6) is -0.0514. The van der Waals surface area contributed by atoms with E-state index in [-0.39, 0.29) is 11.4 Å². The summed E-state index contributed by atoms with van der Waals surface area (Å²) in [5, 5.41) is 6.25. The van der Waals surface area contributed by atoms with E-state index >= 15 is 0 Å². The molecule has 1 aliphatic rings. The van der Waals surface area contributed by atoms with E-state index in [9.17, 15) is 4.79 Å². The van der Waals surface area contributed by atoms with Gasteiger partial charge in [-0.1, -0.05) is 30.8 Å². The predicted octanol–water partition coefficient (Wildman–Crippen LogP) is 3.24. The molecule has 1 aliphatic heterocycles. The summed E-state index contributed by atoms with van der Waals surface area (Å²) in [4.78, 5) is 16.7. The van der Waals surface area contributed by atoms with E-state index in [1.54, 1.807) is 12.4 Å². The first kappa shape index (κ1) is 14.7. The standard InChI is InChI=1S/C17H17N3OS/c1-2-12-3-5-14(6-4-12)19-17-20-16(21)15(22-17)11-13-7-9-18-10-8-13/h3-11,17,19H,2H2,1H3,(H,20,21)/b15-11-/t17-/m0/s1. The highest BCUT2D eigenvalue weighted by Gasteiger charge is 2.26. The van der Waals surface area contributed by atoms with E-state index in [2.05, 4.69) is 34.7 Å². The number of nitrogens with one attached hydrogen (secondary N) is 2. The largest absolute Gasteiger partial charge is 0.357 e. The number of carbonyl (C=O) groups is 1. The van der Waals surface area contributed by atoms with Gasteiger partial charge < -0.3 is 10.6 Å². The molecule has 0 saturated carbocycles. The molecule has 1 fully saturated rings. The summed E-state index contributed by atoms with van der Waals surface area (Å²) in [6.45, 7) is 2.13. The van der Waals surface area contributed by atoms with Gasteiger partial charge in [-0.25, -0.2) is 0 Å². The van der Waals surface area contributed by atoms with Gasteiger partial charge in [0.15, 0.2) is 5.50 Å². The molecule has 0 unspecified atom stereocenters. The van der Waals surface area contributed by atoms with Gasteiger partial charge in [-0.15, -0.1) is 0 Å². The number of carbonyl (C=O) groups excluding carboxylic acids is 1. The molecule has 0 radical (unpaired) electrons. The minimum Gasteiger partial charge on any atom is -0.357 e. The van der Waals surface area contributed by atoms with Crippen LogP contribution < -0.4 is 10.6 Å². The van der Waals surface area contributed by atoms with Gasteiger partial charge in [-0.2, -0.15) is 0 Å².